The Hall–Kier alpha value is -1.24. The van der Waals surface area contributed by atoms with Gasteiger partial charge >= 0.3 is 0 Å². The molecule has 150 valence electrons. The van der Waals surface area contributed by atoms with Crippen molar-refractivity contribution >= 4 is 15.8 Å². The molecule has 5 nitrogen and oxygen atoms in total. The lowest BCUT2D eigenvalue weighted by Gasteiger charge is -2.37. The molecule has 2 aliphatic rings. The number of Topliss-reactive ketones (excluding diaryl/α,β-unsaturated/α-hetero) is 1. The van der Waals surface area contributed by atoms with Gasteiger partial charge in [-0.3, -0.25) is 4.79 Å². The van der Waals surface area contributed by atoms with Gasteiger partial charge in [-0.2, -0.15) is 0 Å². The highest BCUT2D eigenvalue weighted by molar-refractivity contribution is 7.89. The highest BCUT2D eigenvalue weighted by atomic mass is 32.2. The van der Waals surface area contributed by atoms with Crippen LogP contribution in [-0.2, 0) is 25.2 Å². The number of fused-ring (bicyclic) bond motifs is 2. The first kappa shape index (κ1) is 20.5. The van der Waals surface area contributed by atoms with E-state index in [9.17, 15) is 13.2 Å². The van der Waals surface area contributed by atoms with Gasteiger partial charge in [-0.15, -0.1) is 0 Å². The summed E-state index contributed by atoms with van der Waals surface area (Å²) in [5.41, 5.74) is -0.798. The molecule has 0 radical (unpaired) electrons. The molecule has 3 rings (SSSR count). The summed E-state index contributed by atoms with van der Waals surface area (Å²) in [5, 5.41) is 0. The molecule has 1 N–H and O–H groups in total. The molecule has 2 aliphatic carbocycles. The second kappa shape index (κ2) is 6.98. The Labute approximate surface area is 162 Å². The predicted molar refractivity (Wildman–Crippen MR) is 106 cm³/mol. The lowest BCUT2D eigenvalue weighted by atomic mass is 9.70. The van der Waals surface area contributed by atoms with Crippen molar-refractivity contribution in [1.29, 1.82) is 0 Å². The third-order valence-electron chi connectivity index (χ3n) is 7.41. The normalized spacial score (nSPS) is 29.0. The summed E-state index contributed by atoms with van der Waals surface area (Å²) in [5.74, 6) is 0.296. The van der Waals surface area contributed by atoms with Gasteiger partial charge in [-0.05, 0) is 36.2 Å². The zero-order valence-electron chi connectivity index (χ0n) is 16.7. The number of ether oxygens (including phenoxy) is 1. The van der Waals surface area contributed by atoms with E-state index < -0.39 is 21.0 Å². The van der Waals surface area contributed by atoms with Crippen LogP contribution in [0.15, 0.2) is 30.3 Å². The Kier molecular flexibility index (Phi) is 5.30. The minimum absolute atomic E-state index is 0.116. The number of ketones is 1. The van der Waals surface area contributed by atoms with Gasteiger partial charge in [0.15, 0.2) is 0 Å². The molecule has 2 fully saturated rings. The fourth-order valence-corrected chi connectivity index (χ4v) is 7.10. The van der Waals surface area contributed by atoms with Crippen LogP contribution in [-0.4, -0.2) is 33.6 Å². The Morgan fingerprint density at radius 1 is 1.26 bits per heavy atom. The molecular weight excluding hydrogens is 362 g/mol. The Morgan fingerprint density at radius 3 is 2.41 bits per heavy atom. The quantitative estimate of drug-likeness (QED) is 0.736. The Balaban J connectivity index is 1.80. The molecule has 2 bridgehead atoms. The van der Waals surface area contributed by atoms with Gasteiger partial charge in [0.1, 0.15) is 11.4 Å². The van der Waals surface area contributed by atoms with Crippen molar-refractivity contribution in [2.24, 2.45) is 16.7 Å². The van der Waals surface area contributed by atoms with Gasteiger partial charge < -0.3 is 4.74 Å². The van der Waals surface area contributed by atoms with E-state index in [4.69, 9.17) is 4.74 Å². The van der Waals surface area contributed by atoms with Gasteiger partial charge in [0, 0.05) is 25.5 Å². The van der Waals surface area contributed by atoms with Crippen LogP contribution in [0.4, 0.5) is 0 Å². The number of hydrogen-bond acceptors (Lipinski definition) is 4. The molecule has 0 amide bonds. The zero-order chi connectivity index (χ0) is 19.9. The smallest absolute Gasteiger partial charge is 0.212 e. The second-order valence-electron chi connectivity index (χ2n) is 8.66. The average molecular weight is 394 g/mol. The largest absolute Gasteiger partial charge is 0.372 e. The van der Waals surface area contributed by atoms with E-state index in [0.717, 1.165) is 12.0 Å². The molecule has 2 saturated carbocycles. The Bertz CT molecular complexity index is 799. The SMILES string of the molecule is CC[C@@](CNS(=O)(=O)C[C@@]12CC[C@@H](CC1=O)C2(C)C)(OC)c1ccccc1. The van der Waals surface area contributed by atoms with Crippen molar-refractivity contribution in [3.63, 3.8) is 0 Å². The van der Waals surface area contributed by atoms with Crippen molar-refractivity contribution in [2.45, 2.75) is 52.1 Å². The maximum absolute atomic E-state index is 13.0. The maximum atomic E-state index is 13.0. The van der Waals surface area contributed by atoms with Gasteiger partial charge in [-0.25, -0.2) is 13.1 Å². The van der Waals surface area contributed by atoms with Gasteiger partial charge in [0.25, 0.3) is 0 Å². The van der Waals surface area contributed by atoms with Crippen LogP contribution in [0.3, 0.4) is 0 Å². The van der Waals surface area contributed by atoms with Crippen molar-refractivity contribution < 1.29 is 17.9 Å². The third-order valence-corrected chi connectivity index (χ3v) is 8.87. The molecule has 0 aromatic heterocycles. The van der Waals surface area contributed by atoms with E-state index in [1.807, 2.05) is 37.3 Å². The fourth-order valence-electron chi connectivity index (χ4n) is 5.22. The molecular formula is C21H31NO4S. The molecule has 3 atom stereocenters. The summed E-state index contributed by atoms with van der Waals surface area (Å²) in [7, 11) is -2.02. The standard InChI is InChI=1S/C21H31NO4S/c1-5-21(26-4,16-9-7-6-8-10-16)14-22-27(24,25)15-20-12-11-17(13-18(20)23)19(20,2)3/h6-10,17,22H,5,11-15H2,1-4H3/t17-,20-,21-/m0/s1. The van der Waals surface area contributed by atoms with Crippen LogP contribution >= 0.6 is 0 Å². The average Bonchev–Trinajstić information content (AvgIpc) is 2.98. The number of rotatable bonds is 8. The molecule has 0 spiro atoms. The van der Waals surface area contributed by atoms with Crippen molar-refractivity contribution in [1.82, 2.24) is 4.72 Å². The second-order valence-corrected chi connectivity index (χ2v) is 10.5. The third kappa shape index (κ3) is 3.26. The first-order chi connectivity index (χ1) is 12.6. The minimum atomic E-state index is -3.63. The highest BCUT2D eigenvalue weighted by Crippen LogP contribution is 2.64. The summed E-state index contributed by atoms with van der Waals surface area (Å²) in [4.78, 5) is 12.7. The Morgan fingerprint density at radius 2 is 1.93 bits per heavy atom. The first-order valence-electron chi connectivity index (χ1n) is 9.74. The molecule has 0 unspecified atom stereocenters. The van der Waals surface area contributed by atoms with Crippen molar-refractivity contribution in [3.05, 3.63) is 35.9 Å². The van der Waals surface area contributed by atoms with Crippen LogP contribution in [0.5, 0.6) is 0 Å². The first-order valence-corrected chi connectivity index (χ1v) is 11.4. The summed E-state index contributed by atoms with van der Waals surface area (Å²) in [6, 6.07) is 9.67. The van der Waals surface area contributed by atoms with Gasteiger partial charge in [0.2, 0.25) is 10.0 Å². The number of carbonyl (C=O) groups is 1. The topological polar surface area (TPSA) is 72.5 Å². The summed E-state index contributed by atoms with van der Waals surface area (Å²) >= 11 is 0. The lowest BCUT2D eigenvalue weighted by molar-refractivity contribution is -0.128. The van der Waals surface area contributed by atoms with E-state index in [-0.39, 0.29) is 23.5 Å². The highest BCUT2D eigenvalue weighted by Gasteiger charge is 2.65. The van der Waals surface area contributed by atoms with E-state index in [0.29, 0.717) is 25.2 Å². The van der Waals surface area contributed by atoms with Crippen LogP contribution in [0.2, 0.25) is 0 Å². The molecule has 1 aromatic carbocycles. The summed E-state index contributed by atoms with van der Waals surface area (Å²) < 4.78 is 34.5. The number of carbonyl (C=O) groups excluding carboxylic acids is 1. The maximum Gasteiger partial charge on any atom is 0.212 e. The van der Waals surface area contributed by atoms with Crippen LogP contribution in [0.25, 0.3) is 0 Å². The van der Waals surface area contributed by atoms with Crippen molar-refractivity contribution in [3.8, 4) is 0 Å². The van der Waals surface area contributed by atoms with Gasteiger partial charge in [0.05, 0.1) is 5.75 Å². The molecule has 6 heteroatoms. The van der Waals surface area contributed by atoms with Gasteiger partial charge in [-0.1, -0.05) is 51.1 Å². The fraction of sp³-hybridized carbons (Fsp3) is 0.667. The number of methoxy groups -OCH3 is 1. The molecule has 1 aromatic rings. The number of sulfonamides is 1. The molecule has 27 heavy (non-hydrogen) atoms. The number of benzene rings is 1. The molecule has 0 heterocycles. The number of nitrogens with one attached hydrogen (secondary N) is 1. The predicted octanol–water partition coefficient (Wildman–Crippen LogP) is 3.25. The minimum Gasteiger partial charge on any atom is -0.372 e. The van der Waals surface area contributed by atoms with Crippen molar-refractivity contribution in [2.75, 3.05) is 19.4 Å². The summed E-state index contributed by atoms with van der Waals surface area (Å²) in [6.45, 7) is 6.25. The lowest BCUT2D eigenvalue weighted by Crippen LogP contribution is -2.48. The van der Waals surface area contributed by atoms with Crippen LogP contribution in [0, 0.1) is 16.7 Å². The van der Waals surface area contributed by atoms with Crippen LogP contribution < -0.4 is 4.72 Å². The zero-order valence-corrected chi connectivity index (χ0v) is 17.6. The van der Waals surface area contributed by atoms with E-state index in [2.05, 4.69) is 18.6 Å². The monoisotopic (exact) mass is 393 g/mol. The van der Waals surface area contributed by atoms with E-state index in [1.54, 1.807) is 7.11 Å². The molecule has 0 aliphatic heterocycles. The van der Waals surface area contributed by atoms with E-state index in [1.165, 1.54) is 0 Å². The summed E-state index contributed by atoms with van der Waals surface area (Å²) in [6.07, 6.45) is 2.76. The van der Waals surface area contributed by atoms with E-state index >= 15 is 0 Å². The van der Waals surface area contributed by atoms with Crippen LogP contribution in [0.1, 0.15) is 52.0 Å². The molecule has 0 saturated heterocycles. The number of hydrogen-bond donors (Lipinski definition) is 1.